The fourth-order valence-electron chi connectivity index (χ4n) is 2.85. The minimum absolute atomic E-state index is 0.124. The largest absolute Gasteiger partial charge is 0.454 e. The van der Waals surface area contributed by atoms with Crippen LogP contribution in [0, 0.1) is 0 Å². The van der Waals surface area contributed by atoms with Gasteiger partial charge in [-0.1, -0.05) is 6.07 Å². The number of hydrogen-bond donors (Lipinski definition) is 2. The van der Waals surface area contributed by atoms with Gasteiger partial charge < -0.3 is 14.8 Å². The third-order valence-electron chi connectivity index (χ3n) is 4.13. The maximum absolute atomic E-state index is 12.4. The van der Waals surface area contributed by atoms with E-state index in [1.54, 1.807) is 51.1 Å². The van der Waals surface area contributed by atoms with E-state index < -0.39 is 24.3 Å². The van der Waals surface area contributed by atoms with Gasteiger partial charge >= 0.3 is 12.1 Å². The predicted octanol–water partition coefficient (Wildman–Crippen LogP) is 3.57. The lowest BCUT2D eigenvalue weighted by molar-refractivity contribution is -0.115. The van der Waals surface area contributed by atoms with Crippen molar-refractivity contribution in [1.82, 2.24) is 0 Å². The maximum Gasteiger partial charge on any atom is 0.412 e. The Bertz CT molecular complexity index is 1020. The van der Waals surface area contributed by atoms with Crippen LogP contribution in [0.4, 0.5) is 16.2 Å². The van der Waals surface area contributed by atoms with Gasteiger partial charge in [-0.05, 0) is 62.7 Å². The molecule has 2 amide bonds. The number of carbonyl (C=O) groups excluding carboxylic acids is 4. The van der Waals surface area contributed by atoms with E-state index >= 15 is 0 Å². The van der Waals surface area contributed by atoms with Crippen LogP contribution in [0.5, 0.6) is 0 Å². The number of ketones is 1. The molecule has 0 fully saturated rings. The Hall–Kier alpha value is -3.68. The van der Waals surface area contributed by atoms with Crippen molar-refractivity contribution in [3.05, 3.63) is 59.2 Å². The first kappa shape index (κ1) is 21.0. The second-order valence-corrected chi connectivity index (χ2v) is 7.80. The highest BCUT2D eigenvalue weighted by Gasteiger charge is 2.20. The van der Waals surface area contributed by atoms with E-state index in [-0.39, 0.29) is 23.7 Å². The summed E-state index contributed by atoms with van der Waals surface area (Å²) in [5.41, 5.74) is 1.67. The third kappa shape index (κ3) is 5.44. The van der Waals surface area contributed by atoms with Crippen LogP contribution in [0.2, 0.25) is 0 Å². The number of rotatable bonds is 5. The van der Waals surface area contributed by atoms with Crippen molar-refractivity contribution in [2.45, 2.75) is 32.8 Å². The van der Waals surface area contributed by atoms with Crippen molar-refractivity contribution in [1.29, 1.82) is 0 Å². The van der Waals surface area contributed by atoms with E-state index in [4.69, 9.17) is 9.47 Å². The average molecular weight is 410 g/mol. The Balaban J connectivity index is 1.59. The highest BCUT2D eigenvalue weighted by atomic mass is 16.6. The number of Topliss-reactive ketones (excluding diaryl/α,β-unsaturated/α-hetero) is 1. The van der Waals surface area contributed by atoms with Gasteiger partial charge in [0.25, 0.3) is 0 Å². The maximum atomic E-state index is 12.4. The van der Waals surface area contributed by atoms with Gasteiger partial charge in [0.1, 0.15) is 5.60 Å². The monoisotopic (exact) mass is 410 g/mol. The van der Waals surface area contributed by atoms with Gasteiger partial charge in [0, 0.05) is 16.9 Å². The minimum atomic E-state index is -0.700. The molecule has 8 heteroatoms. The van der Waals surface area contributed by atoms with E-state index in [0.717, 1.165) is 5.56 Å². The summed E-state index contributed by atoms with van der Waals surface area (Å²) in [5.74, 6) is -1.20. The molecule has 0 bridgehead atoms. The number of anilines is 2. The Labute approximate surface area is 173 Å². The first-order chi connectivity index (χ1) is 14.1. The van der Waals surface area contributed by atoms with E-state index in [1.165, 1.54) is 12.1 Å². The molecule has 156 valence electrons. The minimum Gasteiger partial charge on any atom is -0.454 e. The molecule has 0 aromatic heterocycles. The standard InChI is InChI=1S/C22H22N2O6/c1-22(2,3)30-21(28)23-16-6-4-5-14(10-16)20(27)29-12-18(25)13-7-8-17-15(9-13)11-19(26)24-17/h4-10H,11-12H2,1-3H3,(H,23,28)(H,24,26). The van der Waals surface area contributed by atoms with Crippen molar-refractivity contribution in [2.75, 3.05) is 17.2 Å². The van der Waals surface area contributed by atoms with Gasteiger partial charge in [-0.2, -0.15) is 0 Å². The van der Waals surface area contributed by atoms with E-state index in [0.29, 0.717) is 16.9 Å². The van der Waals surface area contributed by atoms with Crippen molar-refractivity contribution in [3.63, 3.8) is 0 Å². The molecule has 0 spiro atoms. The molecule has 30 heavy (non-hydrogen) atoms. The number of fused-ring (bicyclic) bond motifs is 1. The molecule has 3 rings (SSSR count). The molecule has 0 atom stereocenters. The Morgan fingerprint density at radius 3 is 2.57 bits per heavy atom. The molecule has 0 saturated heterocycles. The number of benzene rings is 2. The number of hydrogen-bond acceptors (Lipinski definition) is 6. The van der Waals surface area contributed by atoms with Crippen LogP contribution in [-0.4, -0.2) is 36.0 Å². The Morgan fingerprint density at radius 2 is 1.83 bits per heavy atom. The quantitative estimate of drug-likeness (QED) is 0.576. The van der Waals surface area contributed by atoms with Crippen LogP contribution < -0.4 is 10.6 Å². The fraction of sp³-hybridized carbons (Fsp3) is 0.273. The van der Waals surface area contributed by atoms with Crippen molar-refractivity contribution in [3.8, 4) is 0 Å². The van der Waals surface area contributed by atoms with E-state index in [9.17, 15) is 19.2 Å². The van der Waals surface area contributed by atoms with Crippen LogP contribution in [0.15, 0.2) is 42.5 Å². The summed E-state index contributed by atoms with van der Waals surface area (Å²) in [6.45, 7) is 4.79. The highest BCUT2D eigenvalue weighted by molar-refractivity contribution is 6.03. The van der Waals surface area contributed by atoms with E-state index in [2.05, 4.69) is 10.6 Å². The van der Waals surface area contributed by atoms with Crippen LogP contribution in [0.3, 0.4) is 0 Å². The topological polar surface area (TPSA) is 111 Å². The molecule has 0 radical (unpaired) electrons. The summed E-state index contributed by atoms with van der Waals surface area (Å²) in [6.07, 6.45) is -0.430. The third-order valence-corrected chi connectivity index (χ3v) is 4.13. The lowest BCUT2D eigenvalue weighted by Gasteiger charge is -2.19. The summed E-state index contributed by atoms with van der Waals surface area (Å²) >= 11 is 0. The summed E-state index contributed by atoms with van der Waals surface area (Å²) in [6, 6.07) is 11.0. The van der Waals surface area contributed by atoms with Gasteiger partial charge in [0.2, 0.25) is 5.91 Å². The van der Waals surface area contributed by atoms with Gasteiger partial charge in [-0.3, -0.25) is 14.9 Å². The van der Waals surface area contributed by atoms with Gasteiger partial charge in [0.15, 0.2) is 12.4 Å². The molecular formula is C22H22N2O6. The number of ether oxygens (including phenoxy) is 2. The first-order valence-electron chi connectivity index (χ1n) is 9.34. The normalized spacial score (nSPS) is 12.6. The van der Waals surface area contributed by atoms with Crippen molar-refractivity contribution < 1.29 is 28.7 Å². The molecule has 2 N–H and O–H groups in total. The van der Waals surface area contributed by atoms with Gasteiger partial charge in [0.05, 0.1) is 12.0 Å². The molecule has 2 aromatic carbocycles. The molecular weight excluding hydrogens is 388 g/mol. The SMILES string of the molecule is CC(C)(C)OC(=O)Nc1cccc(C(=O)OCC(=O)c2ccc3c(c2)CC(=O)N3)c1. The average Bonchev–Trinajstić information content (AvgIpc) is 3.03. The molecule has 2 aromatic rings. The molecule has 0 unspecified atom stereocenters. The number of carbonyl (C=O) groups is 4. The number of esters is 1. The Morgan fingerprint density at radius 1 is 1.07 bits per heavy atom. The van der Waals surface area contributed by atoms with Gasteiger partial charge in [-0.25, -0.2) is 9.59 Å². The van der Waals surface area contributed by atoms with Crippen LogP contribution >= 0.6 is 0 Å². The van der Waals surface area contributed by atoms with Crippen LogP contribution in [0.1, 0.15) is 47.1 Å². The number of amides is 2. The van der Waals surface area contributed by atoms with Crippen molar-refractivity contribution >= 4 is 35.1 Å². The second kappa shape index (κ2) is 8.36. The molecule has 1 aliphatic heterocycles. The molecule has 1 aliphatic rings. The fourth-order valence-corrected chi connectivity index (χ4v) is 2.85. The zero-order valence-electron chi connectivity index (χ0n) is 16.9. The first-order valence-corrected chi connectivity index (χ1v) is 9.34. The zero-order valence-corrected chi connectivity index (χ0v) is 16.9. The van der Waals surface area contributed by atoms with Gasteiger partial charge in [-0.15, -0.1) is 0 Å². The smallest absolute Gasteiger partial charge is 0.412 e. The summed E-state index contributed by atoms with van der Waals surface area (Å²) in [7, 11) is 0. The summed E-state index contributed by atoms with van der Waals surface area (Å²) in [5, 5.41) is 5.23. The zero-order chi connectivity index (χ0) is 21.9. The summed E-state index contributed by atoms with van der Waals surface area (Å²) in [4.78, 5) is 47.9. The lowest BCUT2D eigenvalue weighted by atomic mass is 10.1. The predicted molar refractivity (Wildman–Crippen MR) is 110 cm³/mol. The highest BCUT2D eigenvalue weighted by Crippen LogP contribution is 2.24. The van der Waals surface area contributed by atoms with Crippen LogP contribution in [0.25, 0.3) is 0 Å². The molecule has 8 nitrogen and oxygen atoms in total. The number of nitrogens with one attached hydrogen (secondary N) is 2. The second-order valence-electron chi connectivity index (χ2n) is 7.80. The van der Waals surface area contributed by atoms with E-state index in [1.807, 2.05) is 0 Å². The lowest BCUT2D eigenvalue weighted by Crippen LogP contribution is -2.27. The summed E-state index contributed by atoms with van der Waals surface area (Å²) < 4.78 is 10.3. The molecule has 0 saturated carbocycles. The molecule has 1 heterocycles. The molecule has 0 aliphatic carbocycles. The Kier molecular flexibility index (Phi) is 5.86. The van der Waals surface area contributed by atoms with Crippen LogP contribution in [-0.2, 0) is 20.7 Å². The van der Waals surface area contributed by atoms with Crippen molar-refractivity contribution in [2.24, 2.45) is 0 Å².